The van der Waals surface area contributed by atoms with Crippen molar-refractivity contribution in [1.82, 2.24) is 25.4 Å². The number of fused-ring (bicyclic) bond motifs is 1. The van der Waals surface area contributed by atoms with Crippen LogP contribution in [-0.4, -0.2) is 77.1 Å². The number of carbonyl (C=O) groups excluding carboxylic acids is 3. The van der Waals surface area contributed by atoms with Crippen LogP contribution in [-0.2, 0) is 4.79 Å². The molecular weight excluding hydrogens is 482 g/mol. The summed E-state index contributed by atoms with van der Waals surface area (Å²) in [7, 11) is 0. The van der Waals surface area contributed by atoms with Gasteiger partial charge in [0.05, 0.1) is 5.52 Å². The van der Waals surface area contributed by atoms with Crippen LogP contribution in [0.3, 0.4) is 0 Å². The third-order valence-electron chi connectivity index (χ3n) is 6.39. The van der Waals surface area contributed by atoms with Crippen molar-refractivity contribution in [3.05, 3.63) is 29.3 Å². The number of hydrogen-bond acceptors (Lipinski definition) is 6. The van der Waals surface area contributed by atoms with Gasteiger partial charge in [-0.15, -0.1) is 0 Å². The number of likely N-dealkylation sites (tertiary alicyclic amines) is 1. The number of rotatable bonds is 2. The summed E-state index contributed by atoms with van der Waals surface area (Å²) in [5.41, 5.74) is 7.25. The molecule has 0 bridgehead atoms. The second-order valence-electron chi connectivity index (χ2n) is 10.4. The Bertz CT molecular complexity index is 1150. The second kappa shape index (κ2) is 10.4. The minimum atomic E-state index is -0.725. The minimum absolute atomic E-state index is 0.294. The fourth-order valence-electron chi connectivity index (χ4n) is 4.62. The molecule has 1 atom stereocenters. The first kappa shape index (κ1) is 25.8. The highest BCUT2D eigenvalue weighted by Crippen LogP contribution is 2.30. The molecule has 1 aromatic heterocycles. The van der Waals surface area contributed by atoms with E-state index < -0.39 is 17.6 Å². The van der Waals surface area contributed by atoms with Crippen molar-refractivity contribution in [2.45, 2.75) is 51.6 Å². The molecule has 2 aromatic rings. The smallest absolute Gasteiger partial charge is 0.324 e. The lowest BCUT2D eigenvalue weighted by Gasteiger charge is -2.37. The van der Waals surface area contributed by atoms with E-state index in [-0.39, 0.29) is 11.9 Å². The molecule has 36 heavy (non-hydrogen) atoms. The van der Waals surface area contributed by atoms with Crippen LogP contribution >= 0.6 is 11.6 Å². The quantitative estimate of drug-likeness (QED) is 0.564. The summed E-state index contributed by atoms with van der Waals surface area (Å²) in [6.07, 6.45) is 1.97. The Morgan fingerprint density at radius 3 is 2.47 bits per heavy atom. The number of imide groups is 1. The van der Waals surface area contributed by atoms with Gasteiger partial charge in [-0.2, -0.15) is 0 Å². The van der Waals surface area contributed by atoms with E-state index in [0.717, 1.165) is 23.0 Å². The molecule has 10 nitrogen and oxygen atoms in total. The van der Waals surface area contributed by atoms with Gasteiger partial charge in [0.25, 0.3) is 5.91 Å². The number of benzene rings is 1. The largest absolute Gasteiger partial charge is 0.384 e. The topological polar surface area (TPSA) is 124 Å². The summed E-state index contributed by atoms with van der Waals surface area (Å²) in [5, 5.41) is 7.26. The van der Waals surface area contributed by atoms with Crippen LogP contribution in [0.2, 0.25) is 5.02 Å². The molecule has 0 radical (unpaired) electrons. The number of halogens is 1. The van der Waals surface area contributed by atoms with Crippen LogP contribution < -0.4 is 21.3 Å². The predicted molar refractivity (Wildman–Crippen MR) is 141 cm³/mol. The first-order chi connectivity index (χ1) is 17.0. The van der Waals surface area contributed by atoms with Gasteiger partial charge in [-0.1, -0.05) is 11.6 Å². The Morgan fingerprint density at radius 1 is 1.06 bits per heavy atom. The highest BCUT2D eigenvalue weighted by atomic mass is 35.5. The zero-order valence-corrected chi connectivity index (χ0v) is 21.8. The summed E-state index contributed by atoms with van der Waals surface area (Å²) >= 11 is 6.12. The van der Waals surface area contributed by atoms with E-state index in [9.17, 15) is 14.4 Å². The van der Waals surface area contributed by atoms with E-state index in [1.54, 1.807) is 11.0 Å². The van der Waals surface area contributed by atoms with E-state index in [1.807, 2.05) is 39.0 Å². The zero-order valence-electron chi connectivity index (χ0n) is 21.0. The average Bonchev–Trinajstić information content (AvgIpc) is 2.98. The van der Waals surface area contributed by atoms with Gasteiger partial charge in [-0.25, -0.2) is 14.6 Å². The molecule has 11 heteroatoms. The maximum absolute atomic E-state index is 13.1. The molecule has 2 aliphatic heterocycles. The number of nitrogens with two attached hydrogens (primary N) is 1. The van der Waals surface area contributed by atoms with Gasteiger partial charge in [-0.05, 0) is 58.2 Å². The Kier molecular flexibility index (Phi) is 7.44. The third-order valence-corrected chi connectivity index (χ3v) is 6.63. The van der Waals surface area contributed by atoms with Crippen LogP contribution in [0, 0.1) is 0 Å². The SMILES string of the molecule is CC(C)(C)NC(=O)N1CCCCC(NC(=O)N2CCN(c3cc(N)nc4cc(Cl)ccc34)CC2)C1=O. The number of anilines is 2. The maximum Gasteiger partial charge on any atom is 0.324 e. The van der Waals surface area contributed by atoms with Crippen molar-refractivity contribution >= 4 is 52.0 Å². The van der Waals surface area contributed by atoms with E-state index in [2.05, 4.69) is 20.5 Å². The van der Waals surface area contributed by atoms with E-state index >= 15 is 0 Å². The van der Waals surface area contributed by atoms with Crippen molar-refractivity contribution in [3.8, 4) is 0 Å². The molecule has 2 aliphatic rings. The molecule has 4 rings (SSSR count). The molecule has 1 aromatic carbocycles. The molecule has 0 aliphatic carbocycles. The Morgan fingerprint density at radius 2 is 1.78 bits per heavy atom. The molecule has 2 fully saturated rings. The normalized spacial score (nSPS) is 19.3. The molecule has 1 unspecified atom stereocenters. The number of amides is 5. The van der Waals surface area contributed by atoms with E-state index in [0.29, 0.717) is 56.4 Å². The Hall–Kier alpha value is -3.27. The number of nitrogens with zero attached hydrogens (tertiary/aromatic N) is 4. The van der Waals surface area contributed by atoms with Gasteiger partial charge in [0, 0.05) is 60.4 Å². The standard InChI is InChI=1S/C25H34ClN7O3/c1-25(2,3)30-24(36)33-9-5-4-6-18(22(33)34)29-23(35)32-12-10-31(11-13-32)20-15-21(27)28-19-14-16(26)7-8-17(19)20/h7-8,14-15,18H,4-6,9-13H2,1-3H3,(H2,27,28)(H,29,35)(H,30,36). The number of pyridine rings is 1. The number of hydrogen-bond donors (Lipinski definition) is 3. The highest BCUT2D eigenvalue weighted by Gasteiger charge is 2.34. The lowest BCUT2D eigenvalue weighted by atomic mass is 10.1. The van der Waals surface area contributed by atoms with Crippen molar-refractivity contribution < 1.29 is 14.4 Å². The van der Waals surface area contributed by atoms with E-state index in [1.165, 1.54) is 4.90 Å². The molecule has 0 saturated carbocycles. The average molecular weight is 516 g/mol. The molecule has 2 saturated heterocycles. The fraction of sp³-hybridized carbons (Fsp3) is 0.520. The zero-order chi connectivity index (χ0) is 26.0. The molecule has 5 amide bonds. The highest BCUT2D eigenvalue weighted by molar-refractivity contribution is 6.31. The summed E-state index contributed by atoms with van der Waals surface area (Å²) in [6, 6.07) is 5.94. The van der Waals surface area contributed by atoms with Gasteiger partial charge < -0.3 is 26.2 Å². The van der Waals surface area contributed by atoms with Gasteiger partial charge in [0.1, 0.15) is 11.9 Å². The Labute approximate surface area is 216 Å². The van der Waals surface area contributed by atoms with Gasteiger partial charge in [0.15, 0.2) is 0 Å². The molecule has 0 spiro atoms. The number of nitrogen functional groups attached to an aromatic ring is 1. The first-order valence-electron chi connectivity index (χ1n) is 12.3. The van der Waals surface area contributed by atoms with Gasteiger partial charge in [0.2, 0.25) is 0 Å². The molecule has 4 N–H and O–H groups in total. The molecule has 194 valence electrons. The minimum Gasteiger partial charge on any atom is -0.384 e. The second-order valence-corrected chi connectivity index (χ2v) is 10.8. The Balaban J connectivity index is 1.39. The van der Waals surface area contributed by atoms with Crippen LogP contribution in [0.5, 0.6) is 0 Å². The van der Waals surface area contributed by atoms with Crippen molar-refractivity contribution in [1.29, 1.82) is 0 Å². The maximum atomic E-state index is 13.1. The molecule has 3 heterocycles. The van der Waals surface area contributed by atoms with E-state index in [4.69, 9.17) is 17.3 Å². The first-order valence-corrected chi connectivity index (χ1v) is 12.7. The van der Waals surface area contributed by atoms with Crippen molar-refractivity contribution in [3.63, 3.8) is 0 Å². The predicted octanol–water partition coefficient (Wildman–Crippen LogP) is 3.19. The van der Waals surface area contributed by atoms with Crippen LogP contribution in [0.4, 0.5) is 21.1 Å². The lowest BCUT2D eigenvalue weighted by molar-refractivity contribution is -0.129. The number of piperazine rings is 1. The number of nitrogens with one attached hydrogen (secondary N) is 2. The number of carbonyl (C=O) groups is 3. The van der Waals surface area contributed by atoms with Gasteiger partial charge >= 0.3 is 12.1 Å². The van der Waals surface area contributed by atoms with Gasteiger partial charge in [-0.3, -0.25) is 9.69 Å². The summed E-state index contributed by atoms with van der Waals surface area (Å²) in [6.45, 7) is 8.12. The lowest BCUT2D eigenvalue weighted by Crippen LogP contribution is -2.58. The summed E-state index contributed by atoms with van der Waals surface area (Å²) < 4.78 is 0. The third kappa shape index (κ3) is 5.92. The fourth-order valence-corrected chi connectivity index (χ4v) is 4.79. The summed E-state index contributed by atoms with van der Waals surface area (Å²) in [5.74, 6) is 0.0468. The molecular formula is C25H34ClN7O3. The van der Waals surface area contributed by atoms with Crippen LogP contribution in [0.1, 0.15) is 40.0 Å². The summed E-state index contributed by atoms with van der Waals surface area (Å²) in [4.78, 5) is 48.3. The number of urea groups is 2. The number of aromatic nitrogens is 1. The van der Waals surface area contributed by atoms with Crippen molar-refractivity contribution in [2.75, 3.05) is 43.4 Å². The van der Waals surface area contributed by atoms with Crippen molar-refractivity contribution in [2.24, 2.45) is 0 Å². The monoisotopic (exact) mass is 515 g/mol. The van der Waals surface area contributed by atoms with Crippen LogP contribution in [0.15, 0.2) is 24.3 Å². The van der Waals surface area contributed by atoms with Crippen LogP contribution in [0.25, 0.3) is 10.9 Å².